The average Bonchev–Trinajstić information content (AvgIpc) is 2.05. The van der Waals surface area contributed by atoms with E-state index in [1.54, 1.807) is 11.8 Å². The average molecular weight is 182 g/mol. The monoisotopic (exact) mass is 182 g/mol. The first-order valence-corrected chi connectivity index (χ1v) is 5.20. The molecule has 1 heterocycles. The van der Waals surface area contributed by atoms with E-state index >= 15 is 0 Å². The number of pyridine rings is 1. The summed E-state index contributed by atoms with van der Waals surface area (Å²) in [5.74, 6) is 0. The van der Waals surface area contributed by atoms with Crippen molar-refractivity contribution in [3.05, 3.63) is 23.4 Å². The molecule has 1 aromatic heterocycles. The van der Waals surface area contributed by atoms with Gasteiger partial charge in [0.15, 0.2) is 0 Å². The highest BCUT2D eigenvalue weighted by atomic mass is 32.2. The summed E-state index contributed by atoms with van der Waals surface area (Å²) in [6.45, 7) is 2.78. The Morgan fingerprint density at radius 2 is 2.33 bits per heavy atom. The van der Waals surface area contributed by atoms with E-state index in [1.165, 1.54) is 11.1 Å². The molecule has 0 aliphatic rings. The second-order valence-corrected chi connectivity index (χ2v) is 3.50. The van der Waals surface area contributed by atoms with Crippen LogP contribution in [0.1, 0.15) is 11.1 Å². The SMILES string of the molecule is CSc1ncc(CCN)cc1C. The Hall–Kier alpha value is -0.540. The quantitative estimate of drug-likeness (QED) is 0.722. The fraction of sp³-hybridized carbons (Fsp3) is 0.444. The van der Waals surface area contributed by atoms with Crippen molar-refractivity contribution in [3.8, 4) is 0 Å². The fourth-order valence-corrected chi connectivity index (χ4v) is 1.68. The van der Waals surface area contributed by atoms with E-state index in [0.717, 1.165) is 11.4 Å². The zero-order chi connectivity index (χ0) is 8.97. The van der Waals surface area contributed by atoms with Crippen molar-refractivity contribution in [2.24, 2.45) is 5.73 Å². The molecule has 0 atom stereocenters. The van der Waals surface area contributed by atoms with Gasteiger partial charge in [-0.2, -0.15) is 0 Å². The van der Waals surface area contributed by atoms with E-state index in [9.17, 15) is 0 Å². The van der Waals surface area contributed by atoms with E-state index in [0.29, 0.717) is 6.54 Å². The molecule has 0 saturated heterocycles. The Kier molecular flexibility index (Phi) is 3.56. The van der Waals surface area contributed by atoms with Gasteiger partial charge >= 0.3 is 0 Å². The Balaban J connectivity index is 2.86. The van der Waals surface area contributed by atoms with Gasteiger partial charge < -0.3 is 5.73 Å². The number of rotatable bonds is 3. The number of nitrogens with two attached hydrogens (primary N) is 1. The second-order valence-electron chi connectivity index (χ2n) is 2.71. The van der Waals surface area contributed by atoms with Gasteiger partial charge in [-0.05, 0) is 37.3 Å². The normalized spacial score (nSPS) is 10.2. The van der Waals surface area contributed by atoms with Crippen LogP contribution in [0.5, 0.6) is 0 Å². The smallest absolute Gasteiger partial charge is 0.0986 e. The molecular weight excluding hydrogens is 168 g/mol. The number of nitrogens with zero attached hydrogens (tertiary/aromatic N) is 1. The molecule has 0 saturated carbocycles. The molecule has 0 amide bonds. The van der Waals surface area contributed by atoms with E-state index in [-0.39, 0.29) is 0 Å². The van der Waals surface area contributed by atoms with Crippen molar-refractivity contribution in [2.45, 2.75) is 18.4 Å². The first-order chi connectivity index (χ1) is 5.77. The molecule has 0 spiro atoms. The Labute approximate surface area is 77.6 Å². The highest BCUT2D eigenvalue weighted by molar-refractivity contribution is 7.98. The third-order valence-electron chi connectivity index (χ3n) is 1.71. The van der Waals surface area contributed by atoms with Crippen LogP contribution >= 0.6 is 11.8 Å². The van der Waals surface area contributed by atoms with Gasteiger partial charge in [0.1, 0.15) is 0 Å². The van der Waals surface area contributed by atoms with Gasteiger partial charge in [-0.1, -0.05) is 6.07 Å². The molecule has 0 aliphatic heterocycles. The van der Waals surface area contributed by atoms with E-state index in [2.05, 4.69) is 18.0 Å². The Morgan fingerprint density at radius 1 is 1.58 bits per heavy atom. The van der Waals surface area contributed by atoms with Crippen LogP contribution in [0, 0.1) is 6.92 Å². The first-order valence-electron chi connectivity index (χ1n) is 3.97. The Morgan fingerprint density at radius 3 is 2.83 bits per heavy atom. The molecule has 2 nitrogen and oxygen atoms in total. The molecule has 0 aromatic carbocycles. The lowest BCUT2D eigenvalue weighted by Gasteiger charge is -2.03. The van der Waals surface area contributed by atoms with E-state index < -0.39 is 0 Å². The molecule has 12 heavy (non-hydrogen) atoms. The third-order valence-corrected chi connectivity index (χ3v) is 2.53. The third kappa shape index (κ3) is 2.22. The maximum atomic E-state index is 5.45. The lowest BCUT2D eigenvalue weighted by molar-refractivity contribution is 0.936. The van der Waals surface area contributed by atoms with Crippen molar-refractivity contribution < 1.29 is 0 Å². The summed E-state index contributed by atoms with van der Waals surface area (Å²) in [5, 5.41) is 1.11. The van der Waals surface area contributed by atoms with Crippen molar-refractivity contribution >= 4 is 11.8 Å². The van der Waals surface area contributed by atoms with Gasteiger partial charge in [0.25, 0.3) is 0 Å². The summed E-state index contributed by atoms with van der Waals surface area (Å²) in [4.78, 5) is 4.32. The maximum absolute atomic E-state index is 5.45. The van der Waals surface area contributed by atoms with Crippen LogP contribution in [0.25, 0.3) is 0 Å². The summed E-state index contributed by atoms with van der Waals surface area (Å²) in [6.07, 6.45) is 4.87. The molecule has 1 rings (SSSR count). The summed E-state index contributed by atoms with van der Waals surface area (Å²) < 4.78 is 0. The Bertz CT molecular complexity index is 261. The van der Waals surface area contributed by atoms with Crippen molar-refractivity contribution in [2.75, 3.05) is 12.8 Å². The number of thioether (sulfide) groups is 1. The maximum Gasteiger partial charge on any atom is 0.0986 e. The van der Waals surface area contributed by atoms with Crippen molar-refractivity contribution in [1.82, 2.24) is 4.98 Å². The molecule has 66 valence electrons. The van der Waals surface area contributed by atoms with Crippen LogP contribution < -0.4 is 5.73 Å². The molecule has 0 bridgehead atoms. The van der Waals surface area contributed by atoms with Crippen molar-refractivity contribution in [3.63, 3.8) is 0 Å². The minimum atomic E-state index is 0.694. The molecule has 0 aliphatic carbocycles. The summed E-state index contributed by atoms with van der Waals surface area (Å²) in [7, 11) is 0. The second kappa shape index (κ2) is 4.48. The van der Waals surface area contributed by atoms with Crippen LogP contribution in [0.15, 0.2) is 17.3 Å². The highest BCUT2D eigenvalue weighted by Gasteiger charge is 1.98. The minimum Gasteiger partial charge on any atom is -0.330 e. The van der Waals surface area contributed by atoms with E-state index in [4.69, 9.17) is 5.73 Å². The number of aryl methyl sites for hydroxylation is 1. The number of hydrogen-bond acceptors (Lipinski definition) is 3. The standard InChI is InChI=1S/C9H14N2S/c1-7-5-8(3-4-10)6-11-9(7)12-2/h5-6H,3-4,10H2,1-2H3. The van der Waals surface area contributed by atoms with Gasteiger partial charge in [-0.25, -0.2) is 4.98 Å². The van der Waals surface area contributed by atoms with E-state index in [1.807, 2.05) is 12.5 Å². The zero-order valence-electron chi connectivity index (χ0n) is 7.50. The predicted octanol–water partition coefficient (Wildman–Crippen LogP) is 1.61. The molecule has 0 fully saturated rings. The first kappa shape index (κ1) is 9.55. The largest absolute Gasteiger partial charge is 0.330 e. The molecule has 0 unspecified atom stereocenters. The summed E-state index contributed by atoms with van der Waals surface area (Å²) in [6, 6.07) is 2.16. The molecule has 1 aromatic rings. The van der Waals surface area contributed by atoms with Crippen LogP contribution in [-0.4, -0.2) is 17.8 Å². The molecule has 2 N–H and O–H groups in total. The molecular formula is C9H14N2S. The summed E-state index contributed by atoms with van der Waals surface area (Å²) >= 11 is 1.68. The lowest BCUT2D eigenvalue weighted by Crippen LogP contribution is -2.03. The lowest BCUT2D eigenvalue weighted by atomic mass is 10.2. The predicted molar refractivity (Wildman–Crippen MR) is 53.5 cm³/mol. The summed E-state index contributed by atoms with van der Waals surface area (Å²) in [5.41, 5.74) is 7.92. The molecule has 0 radical (unpaired) electrons. The number of aromatic nitrogens is 1. The van der Waals surface area contributed by atoms with Crippen molar-refractivity contribution in [1.29, 1.82) is 0 Å². The van der Waals surface area contributed by atoms with Gasteiger partial charge in [-0.15, -0.1) is 11.8 Å². The zero-order valence-corrected chi connectivity index (χ0v) is 8.32. The van der Waals surface area contributed by atoms with Gasteiger partial charge in [0, 0.05) is 6.20 Å². The topological polar surface area (TPSA) is 38.9 Å². The van der Waals surface area contributed by atoms with Crippen LogP contribution in [0.3, 0.4) is 0 Å². The fourth-order valence-electron chi connectivity index (χ4n) is 1.14. The van der Waals surface area contributed by atoms with Gasteiger partial charge in [0.2, 0.25) is 0 Å². The number of hydrogen-bond donors (Lipinski definition) is 1. The molecule has 3 heteroatoms. The van der Waals surface area contributed by atoms with Crippen LogP contribution in [0.4, 0.5) is 0 Å². The van der Waals surface area contributed by atoms with Gasteiger partial charge in [0.05, 0.1) is 5.03 Å². The highest BCUT2D eigenvalue weighted by Crippen LogP contribution is 2.17. The van der Waals surface area contributed by atoms with Gasteiger partial charge in [-0.3, -0.25) is 0 Å². The van der Waals surface area contributed by atoms with Crippen LogP contribution in [0.2, 0.25) is 0 Å². The van der Waals surface area contributed by atoms with Crippen LogP contribution in [-0.2, 0) is 6.42 Å². The minimum absolute atomic E-state index is 0.694.